The molecule has 1 amide bonds. The van der Waals surface area contributed by atoms with Gasteiger partial charge in [-0.05, 0) is 49.9 Å². The molecule has 1 aliphatic rings. The number of hydrogen-bond acceptors (Lipinski definition) is 2. The van der Waals surface area contributed by atoms with Gasteiger partial charge in [0.05, 0.1) is 0 Å². The Morgan fingerprint density at radius 1 is 1.22 bits per heavy atom. The quantitative estimate of drug-likeness (QED) is 0.786. The Morgan fingerprint density at radius 3 is 2.44 bits per heavy atom. The fraction of sp³-hybridized carbons (Fsp3) is 0.533. The molecule has 2 rings (SSSR count). The molecule has 98 valence electrons. The Balaban J connectivity index is 2.19. The highest BCUT2D eigenvalue weighted by Crippen LogP contribution is 2.38. The first-order valence-electron chi connectivity index (χ1n) is 6.60. The minimum atomic E-state index is -0.193. The Kier molecular flexibility index (Phi) is 3.33. The first-order chi connectivity index (χ1) is 8.42. The van der Waals surface area contributed by atoms with Crippen molar-refractivity contribution in [2.45, 2.75) is 46.5 Å². The van der Waals surface area contributed by atoms with Crippen molar-refractivity contribution in [3.63, 3.8) is 0 Å². The molecule has 0 heterocycles. The molecule has 1 fully saturated rings. The number of rotatable bonds is 2. The molecule has 1 saturated carbocycles. The first-order valence-corrected chi connectivity index (χ1v) is 6.60. The van der Waals surface area contributed by atoms with Crippen LogP contribution >= 0.6 is 0 Å². The minimum Gasteiger partial charge on any atom is -0.399 e. The zero-order chi connectivity index (χ0) is 13.3. The van der Waals surface area contributed by atoms with Gasteiger partial charge in [0.2, 0.25) is 5.91 Å². The largest absolute Gasteiger partial charge is 0.399 e. The van der Waals surface area contributed by atoms with Crippen LogP contribution in [0.2, 0.25) is 0 Å². The van der Waals surface area contributed by atoms with Crippen LogP contribution in [0.15, 0.2) is 12.1 Å². The van der Waals surface area contributed by atoms with Crippen molar-refractivity contribution in [3.05, 3.63) is 23.3 Å². The van der Waals surface area contributed by atoms with Crippen molar-refractivity contribution in [3.8, 4) is 0 Å². The highest BCUT2D eigenvalue weighted by Gasteiger charge is 2.36. The fourth-order valence-electron chi connectivity index (χ4n) is 2.63. The van der Waals surface area contributed by atoms with Crippen molar-refractivity contribution in [1.82, 2.24) is 0 Å². The molecule has 0 spiro atoms. The number of nitrogen functional groups attached to an aromatic ring is 1. The number of anilines is 2. The lowest BCUT2D eigenvalue weighted by atomic mass is 9.87. The van der Waals surface area contributed by atoms with E-state index < -0.39 is 0 Å². The maximum atomic E-state index is 12.3. The Bertz CT molecular complexity index is 474. The molecule has 0 unspecified atom stereocenters. The topological polar surface area (TPSA) is 55.1 Å². The number of nitrogens with two attached hydrogens (primary N) is 1. The van der Waals surface area contributed by atoms with E-state index in [-0.39, 0.29) is 11.3 Å². The number of carbonyl (C=O) groups excluding carboxylic acids is 1. The standard InChI is InChI=1S/C15H22N2O/c1-10-9-13(11(2)8-12(10)16)17-14(18)15(3)6-4-5-7-15/h8-9H,4-7,16H2,1-3H3,(H,17,18). The van der Waals surface area contributed by atoms with Gasteiger partial charge in [-0.25, -0.2) is 0 Å². The molecule has 0 aliphatic heterocycles. The third-order valence-electron chi connectivity index (χ3n) is 4.12. The summed E-state index contributed by atoms with van der Waals surface area (Å²) in [6.07, 6.45) is 4.30. The predicted molar refractivity (Wildman–Crippen MR) is 75.5 cm³/mol. The van der Waals surface area contributed by atoms with Gasteiger partial charge in [0.25, 0.3) is 0 Å². The van der Waals surface area contributed by atoms with E-state index in [1.165, 1.54) is 0 Å². The predicted octanol–water partition coefficient (Wildman–Crippen LogP) is 3.40. The van der Waals surface area contributed by atoms with Crippen molar-refractivity contribution in [1.29, 1.82) is 0 Å². The molecule has 1 aliphatic carbocycles. The van der Waals surface area contributed by atoms with Gasteiger partial charge < -0.3 is 11.1 Å². The summed E-state index contributed by atoms with van der Waals surface area (Å²) in [7, 11) is 0. The SMILES string of the molecule is Cc1cc(NC(=O)C2(C)CCCC2)c(C)cc1N. The van der Waals surface area contributed by atoms with Crippen molar-refractivity contribution in [2.75, 3.05) is 11.1 Å². The second kappa shape index (κ2) is 4.63. The summed E-state index contributed by atoms with van der Waals surface area (Å²) >= 11 is 0. The monoisotopic (exact) mass is 246 g/mol. The van der Waals surface area contributed by atoms with Crippen LogP contribution in [0, 0.1) is 19.3 Å². The Labute approximate surface area is 109 Å². The van der Waals surface area contributed by atoms with E-state index in [9.17, 15) is 4.79 Å². The van der Waals surface area contributed by atoms with E-state index in [4.69, 9.17) is 5.73 Å². The number of amides is 1. The van der Waals surface area contributed by atoms with Gasteiger partial charge in [-0.3, -0.25) is 4.79 Å². The molecule has 3 heteroatoms. The van der Waals surface area contributed by atoms with Gasteiger partial charge >= 0.3 is 0 Å². The van der Waals surface area contributed by atoms with Gasteiger partial charge in [-0.15, -0.1) is 0 Å². The molecular weight excluding hydrogens is 224 g/mol. The maximum Gasteiger partial charge on any atom is 0.230 e. The summed E-state index contributed by atoms with van der Waals surface area (Å²) in [5.74, 6) is 0.146. The van der Waals surface area contributed by atoms with Crippen LogP contribution in [-0.4, -0.2) is 5.91 Å². The van der Waals surface area contributed by atoms with Crippen LogP contribution in [0.4, 0.5) is 11.4 Å². The number of aryl methyl sites for hydroxylation is 2. The summed E-state index contributed by atoms with van der Waals surface area (Å²) in [5, 5.41) is 3.07. The number of hydrogen-bond donors (Lipinski definition) is 2. The van der Waals surface area contributed by atoms with Gasteiger partial charge in [0, 0.05) is 16.8 Å². The summed E-state index contributed by atoms with van der Waals surface area (Å²) in [5.41, 5.74) is 9.36. The summed E-state index contributed by atoms with van der Waals surface area (Å²) < 4.78 is 0. The van der Waals surface area contributed by atoms with Crippen molar-refractivity contribution in [2.24, 2.45) is 5.41 Å². The van der Waals surface area contributed by atoms with Crippen LogP contribution in [0.5, 0.6) is 0 Å². The molecule has 0 aromatic heterocycles. The zero-order valence-electron chi connectivity index (χ0n) is 11.5. The summed E-state index contributed by atoms with van der Waals surface area (Å²) in [6.45, 7) is 6.00. The van der Waals surface area contributed by atoms with Crippen molar-refractivity contribution >= 4 is 17.3 Å². The lowest BCUT2D eigenvalue weighted by molar-refractivity contribution is -0.124. The van der Waals surface area contributed by atoms with E-state index in [2.05, 4.69) is 12.2 Å². The second-order valence-corrected chi connectivity index (χ2v) is 5.75. The molecule has 1 aromatic carbocycles. The van der Waals surface area contributed by atoms with E-state index in [0.717, 1.165) is 48.2 Å². The minimum absolute atomic E-state index is 0.146. The fourth-order valence-corrected chi connectivity index (χ4v) is 2.63. The summed E-state index contributed by atoms with van der Waals surface area (Å²) in [4.78, 5) is 12.3. The average molecular weight is 246 g/mol. The maximum absolute atomic E-state index is 12.3. The van der Waals surface area contributed by atoms with Crippen LogP contribution in [0.25, 0.3) is 0 Å². The molecule has 0 radical (unpaired) electrons. The highest BCUT2D eigenvalue weighted by molar-refractivity contribution is 5.96. The molecule has 0 atom stereocenters. The average Bonchev–Trinajstić information content (AvgIpc) is 2.74. The second-order valence-electron chi connectivity index (χ2n) is 5.75. The molecule has 3 nitrogen and oxygen atoms in total. The molecule has 18 heavy (non-hydrogen) atoms. The van der Waals surface area contributed by atoms with Crippen LogP contribution < -0.4 is 11.1 Å². The van der Waals surface area contributed by atoms with Crippen LogP contribution in [0.3, 0.4) is 0 Å². The Hall–Kier alpha value is -1.51. The van der Waals surface area contributed by atoms with Gasteiger partial charge in [-0.2, -0.15) is 0 Å². The molecule has 0 saturated heterocycles. The molecule has 3 N–H and O–H groups in total. The summed E-state index contributed by atoms with van der Waals surface area (Å²) in [6, 6.07) is 3.88. The van der Waals surface area contributed by atoms with E-state index in [0.29, 0.717) is 0 Å². The zero-order valence-corrected chi connectivity index (χ0v) is 11.5. The van der Waals surface area contributed by atoms with Gasteiger partial charge in [0.15, 0.2) is 0 Å². The lowest BCUT2D eigenvalue weighted by Crippen LogP contribution is -2.31. The normalized spacial score (nSPS) is 17.7. The number of benzene rings is 1. The number of nitrogens with one attached hydrogen (secondary N) is 1. The lowest BCUT2D eigenvalue weighted by Gasteiger charge is -2.23. The number of carbonyl (C=O) groups is 1. The van der Waals surface area contributed by atoms with Crippen molar-refractivity contribution < 1.29 is 4.79 Å². The van der Waals surface area contributed by atoms with Crippen LogP contribution in [-0.2, 0) is 4.79 Å². The molecular formula is C15H22N2O. The highest BCUT2D eigenvalue weighted by atomic mass is 16.2. The third-order valence-corrected chi connectivity index (χ3v) is 4.12. The van der Waals surface area contributed by atoms with Gasteiger partial charge in [0.1, 0.15) is 0 Å². The van der Waals surface area contributed by atoms with E-state index >= 15 is 0 Å². The first kappa shape index (κ1) is 12.9. The van der Waals surface area contributed by atoms with Gasteiger partial charge in [-0.1, -0.05) is 19.8 Å². The smallest absolute Gasteiger partial charge is 0.230 e. The Morgan fingerprint density at radius 2 is 1.83 bits per heavy atom. The van der Waals surface area contributed by atoms with E-state index in [1.807, 2.05) is 26.0 Å². The van der Waals surface area contributed by atoms with E-state index in [1.54, 1.807) is 0 Å². The molecule has 1 aromatic rings. The third kappa shape index (κ3) is 2.35. The molecule has 0 bridgehead atoms. The van der Waals surface area contributed by atoms with Crippen LogP contribution in [0.1, 0.15) is 43.7 Å².